The van der Waals surface area contributed by atoms with Gasteiger partial charge in [0.05, 0.1) is 6.61 Å². The molecule has 0 aromatic heterocycles. The van der Waals surface area contributed by atoms with E-state index in [9.17, 15) is 29.1 Å². The van der Waals surface area contributed by atoms with Crippen molar-refractivity contribution in [3.8, 4) is 0 Å². The van der Waals surface area contributed by atoms with Gasteiger partial charge in [-0.3, -0.25) is 19.2 Å². The quantitative estimate of drug-likeness (QED) is 0.117. The Balaban J connectivity index is 3.62. The standard InChI is InChI=1S/C27H47N2O8/c30-20-22-37-21-19-28-24(31)18-17-23(27(35)36)29-25(32)15-13-11-9-7-5-3-1-2-4-6-8-10-12-14-16-26(33)34/h23H,1-19,21-22H2,(H,28,31)(H,29,32)(H,33,34)(H,35,36)/t23-/m0/s1. The molecule has 0 spiro atoms. The molecule has 0 unspecified atom stereocenters. The lowest BCUT2D eigenvalue weighted by Gasteiger charge is -2.14. The minimum absolute atomic E-state index is 0.00265. The van der Waals surface area contributed by atoms with Gasteiger partial charge in [0.25, 0.3) is 0 Å². The summed E-state index contributed by atoms with van der Waals surface area (Å²) in [4.78, 5) is 55.7. The van der Waals surface area contributed by atoms with Crippen LogP contribution in [0.25, 0.3) is 0 Å². The Morgan fingerprint density at radius 1 is 0.676 bits per heavy atom. The predicted molar refractivity (Wildman–Crippen MR) is 140 cm³/mol. The van der Waals surface area contributed by atoms with Crippen LogP contribution in [-0.4, -0.2) is 66.1 Å². The molecule has 2 amide bonds. The summed E-state index contributed by atoms with van der Waals surface area (Å²) in [6, 6.07) is -1.10. The molecule has 0 aliphatic rings. The molecular weight excluding hydrogens is 480 g/mol. The average molecular weight is 528 g/mol. The number of carbonyl (C=O) groups excluding carboxylic acids is 3. The van der Waals surface area contributed by atoms with Crippen molar-refractivity contribution in [3.63, 3.8) is 0 Å². The maximum Gasteiger partial charge on any atom is 0.326 e. The van der Waals surface area contributed by atoms with Gasteiger partial charge in [-0.15, -0.1) is 0 Å². The molecule has 10 heteroatoms. The van der Waals surface area contributed by atoms with Gasteiger partial charge in [0.1, 0.15) is 12.6 Å². The minimum Gasteiger partial charge on any atom is -0.481 e. The summed E-state index contributed by atoms with van der Waals surface area (Å²) in [5.74, 6) is -2.53. The van der Waals surface area contributed by atoms with Crippen molar-refractivity contribution in [1.82, 2.24) is 10.6 Å². The summed E-state index contributed by atoms with van der Waals surface area (Å²) in [5, 5.41) is 23.0. The number of carboxylic acids is 2. The van der Waals surface area contributed by atoms with Gasteiger partial charge >= 0.3 is 11.9 Å². The lowest BCUT2D eigenvalue weighted by molar-refractivity contribution is -0.142. The van der Waals surface area contributed by atoms with Gasteiger partial charge in [0.15, 0.2) is 0 Å². The van der Waals surface area contributed by atoms with Crippen LogP contribution in [0.2, 0.25) is 0 Å². The molecule has 0 saturated carbocycles. The maximum absolute atomic E-state index is 12.1. The second kappa shape index (κ2) is 25.2. The molecule has 0 aliphatic heterocycles. The molecule has 0 bridgehead atoms. The Labute approximate surface area is 221 Å². The smallest absolute Gasteiger partial charge is 0.326 e. The molecule has 1 atom stereocenters. The first kappa shape index (κ1) is 34.5. The van der Waals surface area contributed by atoms with Crippen molar-refractivity contribution in [2.45, 2.75) is 122 Å². The van der Waals surface area contributed by atoms with Crippen molar-refractivity contribution >= 4 is 30.0 Å². The van der Waals surface area contributed by atoms with Crippen molar-refractivity contribution in [2.24, 2.45) is 0 Å². The van der Waals surface area contributed by atoms with E-state index in [1.165, 1.54) is 44.9 Å². The van der Waals surface area contributed by atoms with Gasteiger partial charge in [0.2, 0.25) is 18.1 Å². The van der Waals surface area contributed by atoms with Gasteiger partial charge in [0, 0.05) is 25.8 Å². The van der Waals surface area contributed by atoms with Gasteiger partial charge in [-0.2, -0.15) is 0 Å². The Kier molecular flexibility index (Phi) is 23.5. The predicted octanol–water partition coefficient (Wildman–Crippen LogP) is 3.90. The van der Waals surface area contributed by atoms with E-state index < -0.39 is 18.0 Å². The first-order chi connectivity index (χ1) is 17.9. The largest absolute Gasteiger partial charge is 0.481 e. The second-order valence-electron chi connectivity index (χ2n) is 9.39. The van der Waals surface area contributed by atoms with E-state index in [1.807, 2.05) is 0 Å². The Hall–Kier alpha value is -2.49. The monoisotopic (exact) mass is 527 g/mol. The lowest BCUT2D eigenvalue weighted by atomic mass is 10.0. The summed E-state index contributed by atoms with van der Waals surface area (Å²) in [5.41, 5.74) is 0. The molecule has 213 valence electrons. The second-order valence-corrected chi connectivity index (χ2v) is 9.39. The first-order valence-electron chi connectivity index (χ1n) is 13.8. The fraction of sp³-hybridized carbons (Fsp3) is 0.815. The molecule has 0 saturated heterocycles. The summed E-state index contributed by atoms with van der Waals surface area (Å²) in [7, 11) is 0. The highest BCUT2D eigenvalue weighted by atomic mass is 16.5. The van der Waals surface area contributed by atoms with Crippen LogP contribution in [0.15, 0.2) is 0 Å². The zero-order valence-electron chi connectivity index (χ0n) is 22.3. The normalized spacial score (nSPS) is 11.6. The third-order valence-electron chi connectivity index (χ3n) is 6.07. The van der Waals surface area contributed by atoms with Crippen LogP contribution in [0.4, 0.5) is 0 Å². The van der Waals surface area contributed by atoms with E-state index in [1.54, 1.807) is 6.29 Å². The summed E-state index contributed by atoms with van der Waals surface area (Å²) < 4.78 is 4.86. The number of carbonyl (C=O) groups is 4. The van der Waals surface area contributed by atoms with Crippen molar-refractivity contribution in [2.75, 3.05) is 19.8 Å². The number of aliphatic carboxylic acids is 2. The van der Waals surface area contributed by atoms with Crippen LogP contribution in [0.1, 0.15) is 116 Å². The zero-order chi connectivity index (χ0) is 27.6. The molecule has 0 heterocycles. The molecule has 4 N–H and O–H groups in total. The third-order valence-corrected chi connectivity index (χ3v) is 6.07. The van der Waals surface area contributed by atoms with Crippen LogP contribution in [0, 0.1) is 0 Å². The number of rotatable bonds is 27. The summed E-state index contributed by atoms with van der Waals surface area (Å²) in [6.45, 7) is 0.216. The van der Waals surface area contributed by atoms with Crippen LogP contribution < -0.4 is 10.6 Å². The van der Waals surface area contributed by atoms with Gasteiger partial charge in [-0.25, -0.2) is 4.79 Å². The van der Waals surface area contributed by atoms with E-state index >= 15 is 0 Å². The van der Waals surface area contributed by atoms with Gasteiger partial charge in [-0.05, 0) is 19.3 Å². The number of nitrogens with one attached hydrogen (secondary N) is 2. The summed E-state index contributed by atoms with van der Waals surface area (Å²) >= 11 is 0. The van der Waals surface area contributed by atoms with Crippen molar-refractivity contribution in [1.29, 1.82) is 0 Å². The highest BCUT2D eigenvalue weighted by Crippen LogP contribution is 2.14. The van der Waals surface area contributed by atoms with E-state index in [0.717, 1.165) is 38.5 Å². The number of amides is 2. The first-order valence-corrected chi connectivity index (χ1v) is 13.8. The fourth-order valence-electron chi connectivity index (χ4n) is 3.95. The van der Waals surface area contributed by atoms with Gasteiger partial charge in [-0.1, -0.05) is 77.0 Å². The number of hydrogen-bond acceptors (Lipinski definition) is 6. The summed E-state index contributed by atoms with van der Waals surface area (Å²) in [6.07, 6.45) is 17.4. The van der Waals surface area contributed by atoms with Crippen LogP contribution in [0.3, 0.4) is 0 Å². The van der Waals surface area contributed by atoms with E-state index in [2.05, 4.69) is 10.6 Å². The molecule has 0 aromatic rings. The maximum atomic E-state index is 12.1. The zero-order valence-corrected chi connectivity index (χ0v) is 22.3. The Morgan fingerprint density at radius 3 is 1.62 bits per heavy atom. The Bertz CT molecular complexity index is 642. The molecule has 10 nitrogen and oxygen atoms in total. The molecule has 1 radical (unpaired) electrons. The van der Waals surface area contributed by atoms with Crippen molar-refractivity contribution in [3.05, 3.63) is 0 Å². The molecular formula is C27H47N2O8. The van der Waals surface area contributed by atoms with Gasteiger partial charge < -0.3 is 25.6 Å². The molecule has 37 heavy (non-hydrogen) atoms. The highest BCUT2D eigenvalue weighted by molar-refractivity contribution is 5.84. The highest BCUT2D eigenvalue weighted by Gasteiger charge is 2.20. The van der Waals surface area contributed by atoms with E-state index in [0.29, 0.717) is 6.42 Å². The number of unbranched alkanes of at least 4 members (excludes halogenated alkanes) is 13. The SMILES string of the molecule is O=[C]COCCNC(=O)CC[C@H](NC(=O)CCCCCCCCCCCCCCCCC(=O)O)C(=O)O. The average Bonchev–Trinajstić information content (AvgIpc) is 2.85. The topological polar surface area (TPSA) is 159 Å². The molecule has 0 aromatic carbocycles. The number of carboxylic acid groups (broad SMARTS) is 2. The van der Waals surface area contributed by atoms with Crippen LogP contribution in [-0.2, 0) is 28.7 Å². The fourth-order valence-corrected chi connectivity index (χ4v) is 3.95. The Morgan fingerprint density at radius 2 is 1.16 bits per heavy atom. The third kappa shape index (κ3) is 25.0. The van der Waals surface area contributed by atoms with Crippen LogP contribution in [0.5, 0.6) is 0 Å². The number of ether oxygens (including phenoxy) is 1. The van der Waals surface area contributed by atoms with Crippen molar-refractivity contribution < 1.29 is 38.9 Å². The molecule has 0 aliphatic carbocycles. The number of hydrogen-bond donors (Lipinski definition) is 4. The molecule has 0 fully saturated rings. The lowest BCUT2D eigenvalue weighted by Crippen LogP contribution is -2.41. The molecule has 0 rings (SSSR count). The van der Waals surface area contributed by atoms with E-state index in [4.69, 9.17) is 9.84 Å². The van der Waals surface area contributed by atoms with E-state index in [-0.39, 0.29) is 57.3 Å². The minimum atomic E-state index is -1.17. The van der Waals surface area contributed by atoms with Crippen LogP contribution >= 0.6 is 0 Å².